The van der Waals surface area contributed by atoms with Gasteiger partial charge in [-0.25, -0.2) is 4.98 Å². The first kappa shape index (κ1) is 9.75. The van der Waals surface area contributed by atoms with E-state index in [1.54, 1.807) is 6.20 Å². The van der Waals surface area contributed by atoms with Crippen LogP contribution in [-0.2, 0) is 9.53 Å². The van der Waals surface area contributed by atoms with E-state index in [1.165, 1.54) is 18.4 Å². The number of methoxy groups -OCH3 is 1. The maximum Gasteiger partial charge on any atom is 0.317 e. The van der Waals surface area contributed by atoms with E-state index in [0.717, 1.165) is 9.88 Å². The number of aryl methyl sites for hydroxylation is 1. The Morgan fingerprint density at radius 1 is 1.77 bits per heavy atom. The van der Waals surface area contributed by atoms with Gasteiger partial charge in [-0.1, -0.05) is 5.92 Å². The van der Waals surface area contributed by atoms with Crippen molar-refractivity contribution in [3.63, 3.8) is 0 Å². The van der Waals surface area contributed by atoms with Crippen LogP contribution in [0.25, 0.3) is 0 Å². The molecule has 4 heteroatoms. The number of rotatable bonds is 1. The minimum absolute atomic E-state index is 0.120. The van der Waals surface area contributed by atoms with Crippen LogP contribution >= 0.6 is 11.3 Å². The molecule has 0 aliphatic heterocycles. The predicted molar refractivity (Wildman–Crippen MR) is 50.4 cm³/mol. The summed E-state index contributed by atoms with van der Waals surface area (Å²) >= 11 is 1.51. The summed E-state index contributed by atoms with van der Waals surface area (Å²) in [7, 11) is 1.34. The molecule has 1 rings (SSSR count). The average molecular weight is 195 g/mol. The van der Waals surface area contributed by atoms with Crippen LogP contribution in [0.2, 0.25) is 0 Å². The van der Waals surface area contributed by atoms with Crippen LogP contribution in [0.5, 0.6) is 0 Å². The highest BCUT2D eigenvalue weighted by Gasteiger charge is 1.95. The van der Waals surface area contributed by atoms with Crippen LogP contribution < -0.4 is 0 Å². The molecule has 0 saturated heterocycles. The van der Waals surface area contributed by atoms with Gasteiger partial charge >= 0.3 is 5.97 Å². The summed E-state index contributed by atoms with van der Waals surface area (Å²) in [5, 5.41) is 0.737. The van der Waals surface area contributed by atoms with Crippen molar-refractivity contribution in [3.05, 3.63) is 16.1 Å². The van der Waals surface area contributed by atoms with Gasteiger partial charge in [0.05, 0.1) is 7.11 Å². The summed E-state index contributed by atoms with van der Waals surface area (Å²) < 4.78 is 4.43. The number of ether oxygens (including phenoxy) is 1. The number of hydrogen-bond acceptors (Lipinski definition) is 4. The van der Waals surface area contributed by atoms with Crippen molar-refractivity contribution in [1.29, 1.82) is 0 Å². The molecule has 3 nitrogen and oxygen atoms in total. The first-order chi connectivity index (χ1) is 6.22. The highest BCUT2D eigenvalue weighted by atomic mass is 32.1. The van der Waals surface area contributed by atoms with Crippen LogP contribution in [-0.4, -0.2) is 18.1 Å². The Kier molecular flexibility index (Phi) is 3.47. The molecule has 13 heavy (non-hydrogen) atoms. The third-order valence-corrected chi connectivity index (χ3v) is 2.11. The topological polar surface area (TPSA) is 39.2 Å². The van der Waals surface area contributed by atoms with Gasteiger partial charge in [0.1, 0.15) is 6.42 Å². The van der Waals surface area contributed by atoms with Crippen LogP contribution in [0.3, 0.4) is 0 Å². The van der Waals surface area contributed by atoms with Crippen molar-refractivity contribution in [3.8, 4) is 11.8 Å². The molecule has 0 atom stereocenters. The monoisotopic (exact) mass is 195 g/mol. The zero-order chi connectivity index (χ0) is 9.68. The number of esters is 1. The molecule has 0 spiro atoms. The lowest BCUT2D eigenvalue weighted by Gasteiger charge is -1.88. The molecular formula is C9H9NO2S. The summed E-state index contributed by atoms with van der Waals surface area (Å²) in [6, 6.07) is 0. The fourth-order valence-corrected chi connectivity index (χ4v) is 1.32. The molecule has 0 fully saturated rings. The quantitative estimate of drug-likeness (QED) is 0.502. The highest BCUT2D eigenvalue weighted by Crippen LogP contribution is 2.08. The lowest BCUT2D eigenvalue weighted by atomic mass is 10.4. The normalized spacial score (nSPS) is 8.77. The SMILES string of the molecule is COC(=O)CC#Cc1ncc(C)s1. The molecule has 0 bridgehead atoms. The molecule has 0 radical (unpaired) electrons. The number of carbonyl (C=O) groups excluding carboxylic acids is 1. The Bertz CT molecular complexity index is 359. The van der Waals surface area contributed by atoms with Gasteiger partial charge in [-0.3, -0.25) is 4.79 Å². The van der Waals surface area contributed by atoms with Gasteiger partial charge in [-0.05, 0) is 12.8 Å². The average Bonchev–Trinajstić information content (AvgIpc) is 2.51. The number of hydrogen-bond donors (Lipinski definition) is 0. The van der Waals surface area contributed by atoms with E-state index in [4.69, 9.17) is 0 Å². The molecule has 0 aliphatic carbocycles. The van der Waals surface area contributed by atoms with Crippen molar-refractivity contribution in [2.45, 2.75) is 13.3 Å². The van der Waals surface area contributed by atoms with E-state index in [1.807, 2.05) is 6.92 Å². The zero-order valence-electron chi connectivity index (χ0n) is 7.46. The van der Waals surface area contributed by atoms with E-state index < -0.39 is 0 Å². The molecule has 1 heterocycles. The molecule has 0 N–H and O–H groups in total. The largest absolute Gasteiger partial charge is 0.468 e. The fraction of sp³-hybridized carbons (Fsp3) is 0.333. The summed E-state index contributed by atoms with van der Waals surface area (Å²) in [6.45, 7) is 1.96. The van der Waals surface area contributed by atoms with Crippen LogP contribution in [0, 0.1) is 18.8 Å². The smallest absolute Gasteiger partial charge is 0.317 e. The molecule has 0 aromatic carbocycles. The van der Waals surface area contributed by atoms with E-state index in [9.17, 15) is 4.79 Å². The van der Waals surface area contributed by atoms with E-state index >= 15 is 0 Å². The van der Waals surface area contributed by atoms with Gasteiger partial charge in [-0.15, -0.1) is 11.3 Å². The molecule has 0 aliphatic rings. The fourth-order valence-electron chi connectivity index (χ4n) is 0.677. The minimum Gasteiger partial charge on any atom is -0.468 e. The molecular weight excluding hydrogens is 186 g/mol. The van der Waals surface area contributed by atoms with Crippen LogP contribution in [0.1, 0.15) is 16.3 Å². The molecule has 68 valence electrons. The standard InChI is InChI=1S/C9H9NO2S/c1-7-6-10-8(13-7)4-3-5-9(11)12-2/h6H,5H2,1-2H3. The van der Waals surface area contributed by atoms with Gasteiger partial charge in [0.2, 0.25) is 0 Å². The third-order valence-electron chi connectivity index (χ3n) is 1.28. The van der Waals surface area contributed by atoms with Crippen molar-refractivity contribution >= 4 is 17.3 Å². The van der Waals surface area contributed by atoms with Gasteiger partial charge in [0.15, 0.2) is 5.01 Å². The summed E-state index contributed by atoms with van der Waals surface area (Å²) in [6.07, 6.45) is 1.88. The minimum atomic E-state index is -0.319. The third kappa shape index (κ3) is 3.26. The number of aromatic nitrogens is 1. The second-order valence-corrected chi connectivity index (χ2v) is 3.57. The van der Waals surface area contributed by atoms with Gasteiger partial charge in [-0.2, -0.15) is 0 Å². The van der Waals surface area contributed by atoms with Crippen molar-refractivity contribution in [2.75, 3.05) is 7.11 Å². The highest BCUT2D eigenvalue weighted by molar-refractivity contribution is 7.12. The number of thiazole rings is 1. The Balaban J connectivity index is 2.53. The van der Waals surface area contributed by atoms with Crippen molar-refractivity contribution in [2.24, 2.45) is 0 Å². The lowest BCUT2D eigenvalue weighted by molar-refractivity contribution is -0.139. The number of carbonyl (C=O) groups is 1. The van der Waals surface area contributed by atoms with E-state index in [0.29, 0.717) is 0 Å². The Labute approximate surface area is 80.8 Å². The van der Waals surface area contributed by atoms with Gasteiger partial charge < -0.3 is 4.74 Å². The van der Waals surface area contributed by atoms with Crippen LogP contribution in [0.15, 0.2) is 6.20 Å². The van der Waals surface area contributed by atoms with Gasteiger partial charge in [0, 0.05) is 11.1 Å². The molecule has 0 amide bonds. The van der Waals surface area contributed by atoms with E-state index in [-0.39, 0.29) is 12.4 Å². The zero-order valence-corrected chi connectivity index (χ0v) is 8.27. The maximum absolute atomic E-state index is 10.7. The second-order valence-electron chi connectivity index (χ2n) is 2.33. The summed E-state index contributed by atoms with van der Waals surface area (Å²) in [5.74, 6) is 5.16. The first-order valence-corrected chi connectivity index (χ1v) is 4.52. The molecule has 1 aromatic heterocycles. The maximum atomic E-state index is 10.7. The van der Waals surface area contributed by atoms with Gasteiger partial charge in [0.25, 0.3) is 0 Å². The molecule has 0 unspecified atom stereocenters. The van der Waals surface area contributed by atoms with Crippen molar-refractivity contribution < 1.29 is 9.53 Å². The van der Waals surface area contributed by atoms with Crippen molar-refractivity contribution in [1.82, 2.24) is 4.98 Å². The predicted octanol–water partition coefficient (Wildman–Crippen LogP) is 1.37. The second kappa shape index (κ2) is 4.63. The molecule has 1 aromatic rings. The van der Waals surface area contributed by atoms with E-state index in [2.05, 4.69) is 21.6 Å². The summed E-state index contributed by atoms with van der Waals surface area (Å²) in [4.78, 5) is 15.8. The first-order valence-electron chi connectivity index (χ1n) is 3.70. The number of nitrogens with zero attached hydrogens (tertiary/aromatic N) is 1. The Hall–Kier alpha value is -1.34. The van der Waals surface area contributed by atoms with Crippen LogP contribution in [0.4, 0.5) is 0 Å². The summed E-state index contributed by atoms with van der Waals surface area (Å²) in [5.41, 5.74) is 0. The molecule has 0 saturated carbocycles. The Morgan fingerprint density at radius 2 is 2.54 bits per heavy atom. The Morgan fingerprint density at radius 3 is 3.08 bits per heavy atom. The lowest BCUT2D eigenvalue weighted by Crippen LogP contribution is -1.96.